The van der Waals surface area contributed by atoms with E-state index >= 15 is 0 Å². The number of hydrogen-bond donors (Lipinski definition) is 2. The second-order valence-corrected chi connectivity index (χ2v) is 9.22. The Morgan fingerprint density at radius 3 is 2.28 bits per heavy atom. The number of para-hydroxylation sites is 1. The SMILES string of the molecule is Cc1cccc(C)c1NC(=O)CSc1nnc(-c2ccc(NC(=O)/C=C\c3ccccc3)cc2)n1C. The van der Waals surface area contributed by atoms with Gasteiger partial charge in [-0.25, -0.2) is 0 Å². The molecule has 0 unspecified atom stereocenters. The van der Waals surface area contributed by atoms with Gasteiger partial charge in [0.1, 0.15) is 0 Å². The van der Waals surface area contributed by atoms with Crippen molar-refractivity contribution in [1.29, 1.82) is 0 Å². The molecule has 2 amide bonds. The lowest BCUT2D eigenvalue weighted by Gasteiger charge is -2.11. The van der Waals surface area contributed by atoms with Crippen molar-refractivity contribution in [2.24, 2.45) is 7.05 Å². The van der Waals surface area contributed by atoms with Gasteiger partial charge < -0.3 is 15.2 Å². The minimum Gasteiger partial charge on any atom is -0.325 e. The van der Waals surface area contributed by atoms with E-state index in [0.29, 0.717) is 16.7 Å². The number of thioether (sulfide) groups is 1. The standard InChI is InChI=1S/C28H27N5O2S/c1-19-8-7-9-20(2)26(19)30-25(35)18-36-28-32-31-27(33(28)3)22-13-15-23(16-14-22)29-24(34)17-12-21-10-5-4-6-11-21/h4-17H,18H2,1-3H3,(H,29,34)(H,30,35)/b17-12-. The topological polar surface area (TPSA) is 88.9 Å². The Balaban J connectivity index is 1.34. The number of amides is 2. The minimum atomic E-state index is -0.205. The maximum absolute atomic E-state index is 12.5. The molecule has 0 bridgehead atoms. The van der Waals surface area contributed by atoms with Crippen LogP contribution in [0.2, 0.25) is 0 Å². The molecule has 0 fully saturated rings. The van der Waals surface area contributed by atoms with Crippen LogP contribution in [0.1, 0.15) is 16.7 Å². The second kappa shape index (κ2) is 11.5. The van der Waals surface area contributed by atoms with Crippen molar-refractivity contribution < 1.29 is 9.59 Å². The molecule has 0 radical (unpaired) electrons. The number of carbonyl (C=O) groups excluding carboxylic acids is 2. The maximum Gasteiger partial charge on any atom is 0.248 e. The molecule has 0 aliphatic carbocycles. The van der Waals surface area contributed by atoms with Crippen molar-refractivity contribution in [2.45, 2.75) is 19.0 Å². The third-order valence-corrected chi connectivity index (χ3v) is 6.57. The van der Waals surface area contributed by atoms with Gasteiger partial charge >= 0.3 is 0 Å². The molecule has 3 aromatic carbocycles. The first-order valence-corrected chi connectivity index (χ1v) is 12.4. The fourth-order valence-corrected chi connectivity index (χ4v) is 4.34. The van der Waals surface area contributed by atoms with Crippen LogP contribution in [-0.4, -0.2) is 32.3 Å². The lowest BCUT2D eigenvalue weighted by Crippen LogP contribution is -2.16. The number of carbonyl (C=O) groups is 2. The molecular formula is C28H27N5O2S. The number of hydrogen-bond acceptors (Lipinski definition) is 5. The van der Waals surface area contributed by atoms with Crippen LogP contribution in [0.4, 0.5) is 11.4 Å². The summed E-state index contributed by atoms with van der Waals surface area (Å²) in [6.07, 6.45) is 3.27. The molecule has 7 nitrogen and oxygen atoms in total. The molecule has 0 aliphatic heterocycles. The molecule has 0 aliphatic rings. The summed E-state index contributed by atoms with van der Waals surface area (Å²) in [6.45, 7) is 3.95. The van der Waals surface area contributed by atoms with Gasteiger partial charge in [-0.1, -0.05) is 60.3 Å². The lowest BCUT2D eigenvalue weighted by atomic mass is 10.1. The van der Waals surface area contributed by atoms with Gasteiger partial charge in [-0.3, -0.25) is 9.59 Å². The highest BCUT2D eigenvalue weighted by atomic mass is 32.2. The Bertz CT molecular complexity index is 1380. The summed E-state index contributed by atoms with van der Waals surface area (Å²) in [4.78, 5) is 24.7. The fraction of sp³-hybridized carbons (Fsp3) is 0.143. The van der Waals surface area contributed by atoms with Crippen LogP contribution < -0.4 is 10.6 Å². The molecule has 4 rings (SSSR count). The first-order valence-electron chi connectivity index (χ1n) is 11.4. The minimum absolute atomic E-state index is 0.0941. The molecule has 36 heavy (non-hydrogen) atoms. The van der Waals surface area contributed by atoms with E-state index in [1.807, 2.05) is 98.3 Å². The number of anilines is 2. The van der Waals surface area contributed by atoms with Crippen LogP contribution in [0, 0.1) is 13.8 Å². The van der Waals surface area contributed by atoms with Crippen LogP contribution in [0.5, 0.6) is 0 Å². The largest absolute Gasteiger partial charge is 0.325 e. The Morgan fingerprint density at radius 1 is 0.889 bits per heavy atom. The number of nitrogens with zero attached hydrogens (tertiary/aromatic N) is 3. The maximum atomic E-state index is 12.5. The molecule has 0 spiro atoms. The van der Waals surface area contributed by atoms with Crippen molar-refractivity contribution >= 4 is 41.0 Å². The molecule has 1 aromatic heterocycles. The van der Waals surface area contributed by atoms with E-state index in [1.165, 1.54) is 17.8 Å². The quantitative estimate of drug-likeness (QED) is 0.249. The van der Waals surface area contributed by atoms with Crippen molar-refractivity contribution in [2.75, 3.05) is 16.4 Å². The van der Waals surface area contributed by atoms with Crippen LogP contribution in [0.25, 0.3) is 17.5 Å². The van der Waals surface area contributed by atoms with Crippen LogP contribution >= 0.6 is 11.8 Å². The average Bonchev–Trinajstić information content (AvgIpc) is 3.25. The molecular weight excluding hydrogens is 470 g/mol. The second-order valence-electron chi connectivity index (χ2n) is 8.28. The van der Waals surface area contributed by atoms with E-state index in [0.717, 1.165) is 27.9 Å². The summed E-state index contributed by atoms with van der Waals surface area (Å²) in [6, 6.07) is 23.0. The van der Waals surface area contributed by atoms with Gasteiger partial charge in [-0.2, -0.15) is 0 Å². The zero-order valence-electron chi connectivity index (χ0n) is 20.4. The summed E-state index contributed by atoms with van der Waals surface area (Å²) in [5.74, 6) is 0.599. The third-order valence-electron chi connectivity index (χ3n) is 5.55. The third kappa shape index (κ3) is 6.28. The number of benzene rings is 3. The first kappa shape index (κ1) is 24.9. The van der Waals surface area contributed by atoms with Gasteiger partial charge in [0, 0.05) is 30.1 Å². The van der Waals surface area contributed by atoms with E-state index in [4.69, 9.17) is 0 Å². The van der Waals surface area contributed by atoms with Crippen LogP contribution in [-0.2, 0) is 16.6 Å². The Morgan fingerprint density at radius 2 is 1.58 bits per heavy atom. The number of aromatic nitrogens is 3. The van der Waals surface area contributed by atoms with Crippen molar-refractivity contribution in [3.05, 3.63) is 95.6 Å². The highest BCUT2D eigenvalue weighted by molar-refractivity contribution is 7.99. The van der Waals surface area contributed by atoms with Crippen molar-refractivity contribution in [1.82, 2.24) is 14.8 Å². The van der Waals surface area contributed by atoms with E-state index in [-0.39, 0.29) is 17.6 Å². The summed E-state index contributed by atoms with van der Waals surface area (Å²) < 4.78 is 1.85. The molecule has 2 N–H and O–H groups in total. The molecule has 1 heterocycles. The molecule has 0 saturated carbocycles. The lowest BCUT2D eigenvalue weighted by molar-refractivity contribution is -0.114. The van der Waals surface area contributed by atoms with E-state index in [1.54, 1.807) is 6.08 Å². The number of nitrogens with one attached hydrogen (secondary N) is 2. The summed E-state index contributed by atoms with van der Waals surface area (Å²) >= 11 is 1.33. The predicted molar refractivity (Wildman–Crippen MR) is 146 cm³/mol. The van der Waals surface area contributed by atoms with E-state index < -0.39 is 0 Å². The first-order chi connectivity index (χ1) is 17.4. The Hall–Kier alpha value is -4.17. The Kier molecular flexibility index (Phi) is 7.97. The molecule has 0 saturated heterocycles. The average molecular weight is 498 g/mol. The van der Waals surface area contributed by atoms with E-state index in [9.17, 15) is 9.59 Å². The van der Waals surface area contributed by atoms with Gasteiger partial charge in [0.05, 0.1) is 5.75 Å². The highest BCUT2D eigenvalue weighted by Crippen LogP contribution is 2.25. The molecule has 8 heteroatoms. The predicted octanol–water partition coefficient (Wildman–Crippen LogP) is 5.48. The summed E-state index contributed by atoms with van der Waals surface area (Å²) in [5.41, 5.74) is 5.41. The van der Waals surface area contributed by atoms with Crippen LogP contribution in [0.15, 0.2) is 84.0 Å². The van der Waals surface area contributed by atoms with E-state index in [2.05, 4.69) is 20.8 Å². The zero-order valence-corrected chi connectivity index (χ0v) is 21.2. The fourth-order valence-electron chi connectivity index (χ4n) is 3.63. The molecule has 182 valence electrons. The Labute approximate surface area is 214 Å². The van der Waals surface area contributed by atoms with Crippen molar-refractivity contribution in [3.63, 3.8) is 0 Å². The summed E-state index contributed by atoms with van der Waals surface area (Å²) in [5, 5.41) is 15.0. The van der Waals surface area contributed by atoms with Gasteiger partial charge in [0.2, 0.25) is 11.8 Å². The van der Waals surface area contributed by atoms with Gasteiger partial charge in [0.15, 0.2) is 11.0 Å². The highest BCUT2D eigenvalue weighted by Gasteiger charge is 2.14. The number of aryl methyl sites for hydroxylation is 2. The number of rotatable bonds is 8. The molecule has 4 aromatic rings. The van der Waals surface area contributed by atoms with Gasteiger partial charge in [-0.05, 0) is 60.9 Å². The molecule has 0 atom stereocenters. The summed E-state index contributed by atoms with van der Waals surface area (Å²) in [7, 11) is 1.87. The smallest absolute Gasteiger partial charge is 0.248 e. The van der Waals surface area contributed by atoms with Crippen LogP contribution in [0.3, 0.4) is 0 Å². The monoisotopic (exact) mass is 497 g/mol. The van der Waals surface area contributed by atoms with Crippen molar-refractivity contribution in [3.8, 4) is 11.4 Å². The normalized spacial score (nSPS) is 11.0. The van der Waals surface area contributed by atoms with Gasteiger partial charge in [-0.15, -0.1) is 10.2 Å². The van der Waals surface area contributed by atoms with Gasteiger partial charge in [0.25, 0.3) is 0 Å². The zero-order chi connectivity index (χ0) is 25.5.